The third-order valence-corrected chi connectivity index (χ3v) is 4.35. The summed E-state index contributed by atoms with van der Waals surface area (Å²) in [5.41, 5.74) is 7.47. The van der Waals surface area contributed by atoms with Crippen molar-refractivity contribution in [3.63, 3.8) is 0 Å². The van der Waals surface area contributed by atoms with Crippen molar-refractivity contribution in [3.8, 4) is 0 Å². The van der Waals surface area contributed by atoms with Gasteiger partial charge in [-0.2, -0.15) is 0 Å². The van der Waals surface area contributed by atoms with E-state index in [0.717, 1.165) is 11.1 Å². The van der Waals surface area contributed by atoms with Crippen LogP contribution in [-0.4, -0.2) is 18.3 Å². The molecule has 3 N–H and O–H groups in total. The molecule has 0 spiro atoms. The number of aliphatic hydroxyl groups is 1. The Kier molecular flexibility index (Phi) is 5.06. The minimum absolute atomic E-state index is 0.0201. The molecular weight excluding hydrogens is 293 g/mol. The molecule has 1 unspecified atom stereocenters. The molecule has 2 rings (SSSR count). The number of halogens is 2. The van der Waals surface area contributed by atoms with E-state index >= 15 is 0 Å². The second-order valence-corrected chi connectivity index (χ2v) is 5.75. The molecule has 0 aliphatic carbocycles. The maximum atomic E-state index is 9.88. The fraction of sp³-hybridized carbons (Fsp3) is 0.250. The van der Waals surface area contributed by atoms with E-state index in [1.54, 1.807) is 6.07 Å². The van der Waals surface area contributed by atoms with Gasteiger partial charge in [0.25, 0.3) is 0 Å². The van der Waals surface area contributed by atoms with E-state index in [1.807, 2.05) is 42.5 Å². The summed E-state index contributed by atoms with van der Waals surface area (Å²) in [6.07, 6.45) is 0.612. The third kappa shape index (κ3) is 3.15. The van der Waals surface area contributed by atoms with Crippen LogP contribution in [0.4, 0.5) is 0 Å². The Balaban J connectivity index is 2.36. The molecule has 2 nitrogen and oxygen atoms in total. The standard InChI is InChI=1S/C16H17Cl2NO/c17-14-7-6-12(8-15(14)18)9-16(10-19,11-20)13-4-2-1-3-5-13/h1-8,20H,9-11,19H2. The van der Waals surface area contributed by atoms with Gasteiger partial charge in [-0.1, -0.05) is 59.6 Å². The van der Waals surface area contributed by atoms with E-state index < -0.39 is 5.41 Å². The van der Waals surface area contributed by atoms with Crippen molar-refractivity contribution in [3.05, 3.63) is 69.7 Å². The van der Waals surface area contributed by atoms with Gasteiger partial charge in [0.1, 0.15) is 0 Å². The van der Waals surface area contributed by atoms with Gasteiger partial charge < -0.3 is 10.8 Å². The maximum absolute atomic E-state index is 9.88. The summed E-state index contributed by atoms with van der Waals surface area (Å²) < 4.78 is 0. The van der Waals surface area contributed by atoms with Crippen LogP contribution < -0.4 is 5.73 Å². The highest BCUT2D eigenvalue weighted by molar-refractivity contribution is 6.42. The van der Waals surface area contributed by atoms with Gasteiger partial charge in [-0.15, -0.1) is 0 Å². The topological polar surface area (TPSA) is 46.2 Å². The van der Waals surface area contributed by atoms with Crippen molar-refractivity contribution in [2.75, 3.05) is 13.2 Å². The minimum atomic E-state index is -0.502. The molecule has 0 radical (unpaired) electrons. The Labute approximate surface area is 129 Å². The molecule has 0 saturated carbocycles. The zero-order valence-electron chi connectivity index (χ0n) is 11.0. The summed E-state index contributed by atoms with van der Waals surface area (Å²) in [5, 5.41) is 10.9. The van der Waals surface area contributed by atoms with Crippen LogP contribution in [0.25, 0.3) is 0 Å². The fourth-order valence-corrected chi connectivity index (χ4v) is 2.66. The molecule has 0 heterocycles. The first-order chi connectivity index (χ1) is 9.61. The summed E-state index contributed by atoms with van der Waals surface area (Å²) >= 11 is 12.0. The van der Waals surface area contributed by atoms with Gasteiger partial charge in [-0.05, 0) is 29.7 Å². The van der Waals surface area contributed by atoms with Crippen LogP contribution in [0.15, 0.2) is 48.5 Å². The normalized spacial score (nSPS) is 14.0. The lowest BCUT2D eigenvalue weighted by molar-refractivity contribution is 0.196. The Bertz CT molecular complexity index is 568. The lowest BCUT2D eigenvalue weighted by atomic mass is 9.76. The second-order valence-electron chi connectivity index (χ2n) is 4.93. The lowest BCUT2D eigenvalue weighted by Gasteiger charge is -2.31. The van der Waals surface area contributed by atoms with E-state index in [0.29, 0.717) is 23.0 Å². The SMILES string of the molecule is NCC(CO)(Cc1ccc(Cl)c(Cl)c1)c1ccccc1. The number of benzene rings is 2. The van der Waals surface area contributed by atoms with Crippen LogP contribution in [0.3, 0.4) is 0 Å². The highest BCUT2D eigenvalue weighted by Gasteiger charge is 2.30. The third-order valence-electron chi connectivity index (χ3n) is 3.61. The average Bonchev–Trinajstić information content (AvgIpc) is 2.49. The van der Waals surface area contributed by atoms with E-state index in [9.17, 15) is 5.11 Å². The van der Waals surface area contributed by atoms with Gasteiger partial charge in [0.05, 0.1) is 16.7 Å². The van der Waals surface area contributed by atoms with Crippen molar-refractivity contribution in [2.24, 2.45) is 5.73 Å². The zero-order chi connectivity index (χ0) is 14.6. The van der Waals surface area contributed by atoms with Gasteiger partial charge in [-0.25, -0.2) is 0 Å². The minimum Gasteiger partial charge on any atom is -0.395 e. The van der Waals surface area contributed by atoms with E-state index in [4.69, 9.17) is 28.9 Å². The molecule has 0 aromatic heterocycles. The predicted molar refractivity (Wildman–Crippen MR) is 84.4 cm³/mol. The molecule has 0 aliphatic heterocycles. The van der Waals surface area contributed by atoms with E-state index in [2.05, 4.69) is 0 Å². The first-order valence-corrected chi connectivity index (χ1v) is 7.17. The van der Waals surface area contributed by atoms with Gasteiger partial charge in [-0.3, -0.25) is 0 Å². The molecule has 0 fully saturated rings. The van der Waals surface area contributed by atoms with Gasteiger partial charge in [0.2, 0.25) is 0 Å². The fourth-order valence-electron chi connectivity index (χ4n) is 2.34. The van der Waals surface area contributed by atoms with Crippen molar-refractivity contribution in [2.45, 2.75) is 11.8 Å². The molecule has 0 bridgehead atoms. The molecule has 106 valence electrons. The van der Waals surface area contributed by atoms with Crippen LogP contribution in [-0.2, 0) is 11.8 Å². The average molecular weight is 310 g/mol. The van der Waals surface area contributed by atoms with Gasteiger partial charge in [0, 0.05) is 12.0 Å². The highest BCUT2D eigenvalue weighted by atomic mass is 35.5. The predicted octanol–water partition coefficient (Wildman–Crippen LogP) is 3.42. The molecule has 2 aromatic carbocycles. The van der Waals surface area contributed by atoms with Crippen molar-refractivity contribution < 1.29 is 5.11 Å². The van der Waals surface area contributed by atoms with Crippen LogP contribution >= 0.6 is 23.2 Å². The number of rotatable bonds is 5. The van der Waals surface area contributed by atoms with Gasteiger partial charge >= 0.3 is 0 Å². The largest absolute Gasteiger partial charge is 0.395 e. The number of nitrogens with two attached hydrogens (primary N) is 1. The molecule has 20 heavy (non-hydrogen) atoms. The number of aliphatic hydroxyl groups excluding tert-OH is 1. The maximum Gasteiger partial charge on any atom is 0.0595 e. The first kappa shape index (κ1) is 15.3. The van der Waals surface area contributed by atoms with E-state index in [-0.39, 0.29) is 6.61 Å². The molecule has 4 heteroatoms. The lowest BCUT2D eigenvalue weighted by Crippen LogP contribution is -2.41. The van der Waals surface area contributed by atoms with Crippen LogP contribution in [0, 0.1) is 0 Å². The molecule has 1 atom stereocenters. The summed E-state index contributed by atoms with van der Waals surface area (Å²) in [6.45, 7) is 0.335. The number of hydrogen-bond acceptors (Lipinski definition) is 2. The van der Waals surface area contributed by atoms with Crippen LogP contribution in [0.1, 0.15) is 11.1 Å². The summed E-state index contributed by atoms with van der Waals surface area (Å²) in [6, 6.07) is 15.3. The zero-order valence-corrected chi connectivity index (χ0v) is 12.5. The van der Waals surface area contributed by atoms with Crippen LogP contribution in [0.5, 0.6) is 0 Å². The molecular formula is C16H17Cl2NO. The van der Waals surface area contributed by atoms with E-state index in [1.165, 1.54) is 0 Å². The van der Waals surface area contributed by atoms with Gasteiger partial charge in [0.15, 0.2) is 0 Å². The Morgan fingerprint density at radius 3 is 2.25 bits per heavy atom. The monoisotopic (exact) mass is 309 g/mol. The summed E-state index contributed by atoms with van der Waals surface area (Å²) in [5.74, 6) is 0. The Morgan fingerprint density at radius 1 is 1.00 bits per heavy atom. The first-order valence-electron chi connectivity index (χ1n) is 6.42. The smallest absolute Gasteiger partial charge is 0.0595 e. The molecule has 2 aromatic rings. The summed E-state index contributed by atoms with van der Waals surface area (Å²) in [4.78, 5) is 0. The summed E-state index contributed by atoms with van der Waals surface area (Å²) in [7, 11) is 0. The molecule has 0 saturated heterocycles. The molecule has 0 aliphatic rings. The molecule has 0 amide bonds. The quantitative estimate of drug-likeness (QED) is 0.889. The number of hydrogen-bond donors (Lipinski definition) is 2. The highest BCUT2D eigenvalue weighted by Crippen LogP contribution is 2.30. The Morgan fingerprint density at radius 2 is 1.70 bits per heavy atom. The van der Waals surface area contributed by atoms with Crippen LogP contribution in [0.2, 0.25) is 10.0 Å². The Hall–Kier alpha value is -1.06. The van der Waals surface area contributed by atoms with Crippen molar-refractivity contribution in [1.29, 1.82) is 0 Å². The van der Waals surface area contributed by atoms with Crippen molar-refractivity contribution in [1.82, 2.24) is 0 Å². The van der Waals surface area contributed by atoms with Crippen molar-refractivity contribution >= 4 is 23.2 Å². The second kappa shape index (κ2) is 6.59.